The lowest BCUT2D eigenvalue weighted by Gasteiger charge is -2.19. The highest BCUT2D eigenvalue weighted by atomic mass is 35.5. The van der Waals surface area contributed by atoms with Gasteiger partial charge in [0, 0.05) is 36.4 Å². The second-order valence-corrected chi connectivity index (χ2v) is 6.35. The summed E-state index contributed by atoms with van der Waals surface area (Å²) in [6.45, 7) is 5.55. The molecule has 0 aromatic heterocycles. The molecule has 0 bridgehead atoms. The number of hydrogen-bond acceptors (Lipinski definition) is 2. The van der Waals surface area contributed by atoms with E-state index in [1.807, 2.05) is 0 Å². The molecule has 3 heteroatoms. The highest BCUT2D eigenvalue weighted by Crippen LogP contribution is 2.29. The lowest BCUT2D eigenvalue weighted by Crippen LogP contribution is -2.20. The predicted octanol–water partition coefficient (Wildman–Crippen LogP) is 3.83. The average Bonchev–Trinajstić information content (AvgIpc) is 3.12. The zero-order chi connectivity index (χ0) is 13.2. The zero-order valence-electron chi connectivity index (χ0n) is 11.7. The maximum absolute atomic E-state index is 6.42. The molecule has 1 atom stereocenters. The SMILES string of the molecule is CCC1CCN(c2ccc(CNC3CC3)c(Cl)c2)C1. The first-order valence-electron chi connectivity index (χ1n) is 7.53. The van der Waals surface area contributed by atoms with E-state index in [9.17, 15) is 0 Å². The van der Waals surface area contributed by atoms with Crippen molar-refractivity contribution in [2.45, 2.75) is 45.2 Å². The minimum Gasteiger partial charge on any atom is -0.371 e. The van der Waals surface area contributed by atoms with Crippen molar-refractivity contribution in [2.75, 3.05) is 18.0 Å². The van der Waals surface area contributed by atoms with Crippen molar-refractivity contribution in [2.24, 2.45) is 5.92 Å². The van der Waals surface area contributed by atoms with Crippen LogP contribution in [-0.4, -0.2) is 19.1 Å². The molecule has 1 aromatic carbocycles. The van der Waals surface area contributed by atoms with Crippen LogP contribution in [0.3, 0.4) is 0 Å². The van der Waals surface area contributed by atoms with Gasteiger partial charge in [0.05, 0.1) is 0 Å². The topological polar surface area (TPSA) is 15.3 Å². The van der Waals surface area contributed by atoms with Gasteiger partial charge < -0.3 is 10.2 Å². The van der Waals surface area contributed by atoms with Crippen LogP contribution in [0.15, 0.2) is 18.2 Å². The summed E-state index contributed by atoms with van der Waals surface area (Å²) in [6.07, 6.45) is 5.25. The summed E-state index contributed by atoms with van der Waals surface area (Å²) >= 11 is 6.42. The summed E-state index contributed by atoms with van der Waals surface area (Å²) in [4.78, 5) is 2.47. The Hall–Kier alpha value is -0.730. The van der Waals surface area contributed by atoms with Gasteiger partial charge in [0.15, 0.2) is 0 Å². The minimum absolute atomic E-state index is 0.736. The molecule has 1 aromatic rings. The lowest BCUT2D eigenvalue weighted by molar-refractivity contribution is 0.569. The molecular formula is C16H23ClN2. The molecule has 0 radical (unpaired) electrons. The van der Waals surface area contributed by atoms with Gasteiger partial charge in [-0.25, -0.2) is 0 Å². The summed E-state index contributed by atoms with van der Waals surface area (Å²) < 4.78 is 0. The quantitative estimate of drug-likeness (QED) is 0.881. The first-order valence-corrected chi connectivity index (χ1v) is 7.91. The van der Waals surface area contributed by atoms with Crippen LogP contribution in [0, 0.1) is 5.92 Å². The van der Waals surface area contributed by atoms with Gasteiger partial charge in [0.2, 0.25) is 0 Å². The Morgan fingerprint density at radius 2 is 2.16 bits per heavy atom. The Labute approximate surface area is 121 Å². The van der Waals surface area contributed by atoms with Crippen molar-refractivity contribution in [3.63, 3.8) is 0 Å². The molecule has 1 aliphatic carbocycles. The van der Waals surface area contributed by atoms with Gasteiger partial charge in [0.25, 0.3) is 0 Å². The number of anilines is 1. The maximum atomic E-state index is 6.42. The maximum Gasteiger partial charge on any atom is 0.0471 e. The molecule has 2 fully saturated rings. The van der Waals surface area contributed by atoms with Crippen LogP contribution in [0.2, 0.25) is 5.02 Å². The van der Waals surface area contributed by atoms with E-state index in [-0.39, 0.29) is 0 Å². The second-order valence-electron chi connectivity index (χ2n) is 5.94. The molecule has 1 aliphatic heterocycles. The van der Waals surface area contributed by atoms with Crippen LogP contribution in [0.4, 0.5) is 5.69 Å². The van der Waals surface area contributed by atoms with E-state index in [1.54, 1.807) is 0 Å². The third-order valence-electron chi connectivity index (χ3n) is 4.42. The van der Waals surface area contributed by atoms with Gasteiger partial charge in [0.1, 0.15) is 0 Å². The lowest BCUT2D eigenvalue weighted by atomic mass is 10.1. The smallest absolute Gasteiger partial charge is 0.0471 e. The Morgan fingerprint density at radius 3 is 2.79 bits per heavy atom. The van der Waals surface area contributed by atoms with E-state index in [1.165, 1.54) is 50.0 Å². The van der Waals surface area contributed by atoms with Crippen molar-refractivity contribution < 1.29 is 0 Å². The number of benzene rings is 1. The number of nitrogens with one attached hydrogen (secondary N) is 1. The molecule has 0 spiro atoms. The third kappa shape index (κ3) is 3.24. The Balaban J connectivity index is 1.64. The molecule has 1 saturated carbocycles. The number of hydrogen-bond donors (Lipinski definition) is 1. The van der Waals surface area contributed by atoms with Crippen molar-refractivity contribution in [1.29, 1.82) is 0 Å². The zero-order valence-corrected chi connectivity index (χ0v) is 12.4. The van der Waals surface area contributed by atoms with Crippen LogP contribution < -0.4 is 10.2 Å². The van der Waals surface area contributed by atoms with Crippen LogP contribution in [0.1, 0.15) is 38.2 Å². The summed E-state index contributed by atoms with van der Waals surface area (Å²) in [7, 11) is 0. The van der Waals surface area contributed by atoms with Gasteiger partial charge in [-0.15, -0.1) is 0 Å². The molecular weight excluding hydrogens is 256 g/mol. The van der Waals surface area contributed by atoms with Crippen LogP contribution >= 0.6 is 11.6 Å². The van der Waals surface area contributed by atoms with Gasteiger partial charge in [-0.2, -0.15) is 0 Å². The second kappa shape index (κ2) is 5.72. The largest absolute Gasteiger partial charge is 0.371 e. The summed E-state index contributed by atoms with van der Waals surface area (Å²) in [5, 5.41) is 4.43. The third-order valence-corrected chi connectivity index (χ3v) is 4.78. The molecule has 2 aliphatic rings. The molecule has 2 nitrogen and oxygen atoms in total. The standard InChI is InChI=1S/C16H23ClN2/c1-2-12-7-8-19(11-12)15-6-3-13(16(17)9-15)10-18-14-4-5-14/h3,6,9,12,14,18H,2,4-5,7-8,10-11H2,1H3. The van der Waals surface area contributed by atoms with E-state index in [4.69, 9.17) is 11.6 Å². The van der Waals surface area contributed by atoms with E-state index in [0.29, 0.717) is 0 Å². The van der Waals surface area contributed by atoms with E-state index < -0.39 is 0 Å². The van der Waals surface area contributed by atoms with Crippen LogP contribution in [-0.2, 0) is 6.54 Å². The van der Waals surface area contributed by atoms with Crippen LogP contribution in [0.5, 0.6) is 0 Å². The minimum atomic E-state index is 0.736. The molecule has 104 valence electrons. The van der Waals surface area contributed by atoms with Gasteiger partial charge in [-0.05, 0) is 42.9 Å². The summed E-state index contributed by atoms with van der Waals surface area (Å²) in [6, 6.07) is 7.29. The number of nitrogens with zero attached hydrogens (tertiary/aromatic N) is 1. The fourth-order valence-corrected chi connectivity index (χ4v) is 3.06. The van der Waals surface area contributed by atoms with Gasteiger partial charge >= 0.3 is 0 Å². The molecule has 1 heterocycles. The van der Waals surface area contributed by atoms with E-state index >= 15 is 0 Å². The number of halogens is 1. The number of rotatable bonds is 5. The van der Waals surface area contributed by atoms with E-state index in [0.717, 1.165) is 23.5 Å². The highest BCUT2D eigenvalue weighted by molar-refractivity contribution is 6.31. The highest BCUT2D eigenvalue weighted by Gasteiger charge is 2.22. The molecule has 1 N–H and O–H groups in total. The van der Waals surface area contributed by atoms with Gasteiger partial charge in [-0.3, -0.25) is 0 Å². The molecule has 3 rings (SSSR count). The summed E-state index contributed by atoms with van der Waals surface area (Å²) in [5.74, 6) is 0.856. The normalized spacial score (nSPS) is 23.1. The van der Waals surface area contributed by atoms with Gasteiger partial charge in [-0.1, -0.05) is 31.0 Å². The molecule has 1 saturated heterocycles. The predicted molar refractivity (Wildman–Crippen MR) is 81.9 cm³/mol. The Kier molecular flexibility index (Phi) is 3.99. The molecule has 0 amide bonds. The van der Waals surface area contributed by atoms with Crippen molar-refractivity contribution in [3.8, 4) is 0 Å². The van der Waals surface area contributed by atoms with Crippen LogP contribution in [0.25, 0.3) is 0 Å². The Bertz CT molecular complexity index is 442. The molecule has 1 unspecified atom stereocenters. The average molecular weight is 279 g/mol. The molecule has 19 heavy (non-hydrogen) atoms. The first kappa shape index (κ1) is 13.3. The Morgan fingerprint density at radius 1 is 1.32 bits per heavy atom. The van der Waals surface area contributed by atoms with Crippen molar-refractivity contribution in [1.82, 2.24) is 5.32 Å². The van der Waals surface area contributed by atoms with Crippen molar-refractivity contribution in [3.05, 3.63) is 28.8 Å². The fourth-order valence-electron chi connectivity index (χ4n) is 2.82. The fraction of sp³-hybridized carbons (Fsp3) is 0.625. The monoisotopic (exact) mass is 278 g/mol. The van der Waals surface area contributed by atoms with E-state index in [2.05, 4.69) is 35.3 Å². The first-order chi connectivity index (χ1) is 9.26. The van der Waals surface area contributed by atoms with Crippen molar-refractivity contribution >= 4 is 17.3 Å². The summed E-state index contributed by atoms with van der Waals surface area (Å²) in [5.41, 5.74) is 2.51.